The highest BCUT2D eigenvalue weighted by Crippen LogP contribution is 2.28. The maximum Gasteiger partial charge on any atom is 0.0719 e. The van der Waals surface area contributed by atoms with E-state index in [1.807, 2.05) is 30.6 Å². The summed E-state index contributed by atoms with van der Waals surface area (Å²) in [6.07, 6.45) is 3.92. The molecule has 0 amide bonds. The highest BCUT2D eigenvalue weighted by atomic mass is 79.9. The maximum atomic E-state index is 4.52. The summed E-state index contributed by atoms with van der Waals surface area (Å²) in [5.41, 5.74) is 1.05. The second-order valence-electron chi connectivity index (χ2n) is 4.29. The standard InChI is InChI=1S/C14H16Br2N2S/c1-3-10-4-5-11(19-10)7-13(17-2)14-12(16)6-9(15)8-18-14/h4-6,8,13,17H,3,7H2,1-2H3. The van der Waals surface area contributed by atoms with E-state index in [2.05, 4.69) is 61.2 Å². The van der Waals surface area contributed by atoms with E-state index in [1.165, 1.54) is 9.75 Å². The number of hydrogen-bond donors (Lipinski definition) is 1. The Morgan fingerprint density at radius 2 is 2.05 bits per heavy atom. The second kappa shape index (κ2) is 6.97. The number of pyridine rings is 1. The highest BCUT2D eigenvalue weighted by molar-refractivity contribution is 9.11. The van der Waals surface area contributed by atoms with Crippen LogP contribution in [0.15, 0.2) is 33.3 Å². The molecular formula is C14H16Br2N2S. The molecule has 0 aliphatic heterocycles. The van der Waals surface area contributed by atoms with Gasteiger partial charge in [-0.2, -0.15) is 0 Å². The molecule has 0 aliphatic carbocycles. The molecular weight excluding hydrogens is 388 g/mol. The van der Waals surface area contributed by atoms with Crippen molar-refractivity contribution in [3.05, 3.63) is 48.8 Å². The summed E-state index contributed by atoms with van der Waals surface area (Å²) in [5, 5.41) is 3.35. The zero-order chi connectivity index (χ0) is 13.8. The van der Waals surface area contributed by atoms with Crippen molar-refractivity contribution in [2.75, 3.05) is 7.05 Å². The van der Waals surface area contributed by atoms with E-state index in [1.54, 1.807) is 0 Å². The fourth-order valence-electron chi connectivity index (χ4n) is 1.94. The lowest BCUT2D eigenvalue weighted by molar-refractivity contribution is 0.577. The Morgan fingerprint density at radius 1 is 1.32 bits per heavy atom. The molecule has 1 atom stereocenters. The maximum absolute atomic E-state index is 4.52. The summed E-state index contributed by atoms with van der Waals surface area (Å²) < 4.78 is 2.02. The van der Waals surface area contributed by atoms with E-state index < -0.39 is 0 Å². The van der Waals surface area contributed by atoms with E-state index in [0.717, 1.165) is 27.5 Å². The van der Waals surface area contributed by atoms with Crippen molar-refractivity contribution in [3.8, 4) is 0 Å². The predicted octanol–water partition coefficient (Wildman–Crippen LogP) is 4.73. The summed E-state index contributed by atoms with van der Waals surface area (Å²) in [4.78, 5) is 7.35. The minimum Gasteiger partial charge on any atom is -0.311 e. The lowest BCUT2D eigenvalue weighted by Gasteiger charge is -2.16. The molecule has 5 heteroatoms. The first kappa shape index (κ1) is 15.2. The van der Waals surface area contributed by atoms with Gasteiger partial charge < -0.3 is 5.32 Å². The number of likely N-dealkylation sites (N-methyl/N-ethyl adjacent to an activating group) is 1. The van der Waals surface area contributed by atoms with Gasteiger partial charge in [-0.05, 0) is 63.5 Å². The lowest BCUT2D eigenvalue weighted by Crippen LogP contribution is -2.20. The molecule has 2 heterocycles. The van der Waals surface area contributed by atoms with Crippen molar-refractivity contribution in [2.45, 2.75) is 25.8 Å². The minimum atomic E-state index is 0.228. The van der Waals surface area contributed by atoms with Gasteiger partial charge in [0.1, 0.15) is 0 Å². The number of nitrogens with zero attached hydrogens (tertiary/aromatic N) is 1. The fraction of sp³-hybridized carbons (Fsp3) is 0.357. The number of aromatic nitrogens is 1. The summed E-state index contributed by atoms with van der Waals surface area (Å²) in [5.74, 6) is 0. The molecule has 2 rings (SSSR count). The minimum absolute atomic E-state index is 0.228. The van der Waals surface area contributed by atoms with Crippen molar-refractivity contribution in [2.24, 2.45) is 0 Å². The van der Waals surface area contributed by atoms with Crippen LogP contribution >= 0.6 is 43.2 Å². The van der Waals surface area contributed by atoms with Crippen molar-refractivity contribution in [1.82, 2.24) is 10.3 Å². The van der Waals surface area contributed by atoms with Gasteiger partial charge in [0.2, 0.25) is 0 Å². The Balaban J connectivity index is 2.19. The molecule has 0 aliphatic rings. The van der Waals surface area contributed by atoms with Gasteiger partial charge in [0.05, 0.1) is 11.7 Å². The van der Waals surface area contributed by atoms with Crippen LogP contribution < -0.4 is 5.32 Å². The molecule has 0 saturated heterocycles. The van der Waals surface area contributed by atoms with Gasteiger partial charge in [-0.3, -0.25) is 4.98 Å². The Hall–Kier alpha value is -0.230. The smallest absolute Gasteiger partial charge is 0.0719 e. The average Bonchev–Trinajstić information content (AvgIpc) is 2.84. The summed E-state index contributed by atoms with van der Waals surface area (Å²) in [6, 6.07) is 6.71. The highest BCUT2D eigenvalue weighted by Gasteiger charge is 2.16. The fourth-order valence-corrected chi connectivity index (χ4v) is 4.21. The zero-order valence-corrected chi connectivity index (χ0v) is 14.9. The Bertz CT molecular complexity index is 554. The molecule has 0 bridgehead atoms. The van der Waals surface area contributed by atoms with Crippen LogP contribution in [-0.2, 0) is 12.8 Å². The Labute approximate surface area is 134 Å². The molecule has 2 nitrogen and oxygen atoms in total. The van der Waals surface area contributed by atoms with Crippen molar-refractivity contribution >= 4 is 43.2 Å². The SMILES string of the molecule is CCc1ccc(CC(NC)c2ncc(Br)cc2Br)s1. The van der Waals surface area contributed by atoms with Gasteiger partial charge in [0.25, 0.3) is 0 Å². The molecule has 0 radical (unpaired) electrons. The van der Waals surface area contributed by atoms with Crippen molar-refractivity contribution in [1.29, 1.82) is 0 Å². The summed E-state index contributed by atoms with van der Waals surface area (Å²) in [6.45, 7) is 2.19. The van der Waals surface area contributed by atoms with Gasteiger partial charge in [0.15, 0.2) is 0 Å². The van der Waals surface area contributed by atoms with E-state index >= 15 is 0 Å². The number of halogens is 2. The molecule has 2 aromatic heterocycles. The number of thiophene rings is 1. The van der Waals surface area contributed by atoms with E-state index in [-0.39, 0.29) is 6.04 Å². The van der Waals surface area contributed by atoms with Crippen LogP contribution in [0.5, 0.6) is 0 Å². The van der Waals surface area contributed by atoms with Crippen molar-refractivity contribution < 1.29 is 0 Å². The van der Waals surface area contributed by atoms with Crippen LogP contribution in [-0.4, -0.2) is 12.0 Å². The van der Waals surface area contributed by atoms with Crippen LogP contribution in [0.3, 0.4) is 0 Å². The Morgan fingerprint density at radius 3 is 2.63 bits per heavy atom. The topological polar surface area (TPSA) is 24.9 Å². The zero-order valence-electron chi connectivity index (χ0n) is 10.9. The molecule has 19 heavy (non-hydrogen) atoms. The van der Waals surface area contributed by atoms with Crippen LogP contribution in [0.25, 0.3) is 0 Å². The first-order chi connectivity index (χ1) is 9.13. The van der Waals surface area contributed by atoms with Crippen LogP contribution in [0.1, 0.15) is 28.4 Å². The third kappa shape index (κ3) is 3.88. The monoisotopic (exact) mass is 402 g/mol. The van der Waals surface area contributed by atoms with E-state index in [0.29, 0.717) is 0 Å². The summed E-state index contributed by atoms with van der Waals surface area (Å²) in [7, 11) is 1.98. The van der Waals surface area contributed by atoms with Gasteiger partial charge >= 0.3 is 0 Å². The number of nitrogens with one attached hydrogen (secondary N) is 1. The first-order valence-corrected chi connectivity index (χ1v) is 8.60. The molecule has 1 N–H and O–H groups in total. The number of hydrogen-bond acceptors (Lipinski definition) is 3. The average molecular weight is 404 g/mol. The predicted molar refractivity (Wildman–Crippen MR) is 88.8 cm³/mol. The molecule has 0 fully saturated rings. The van der Waals surface area contributed by atoms with Gasteiger partial charge in [-0.1, -0.05) is 6.92 Å². The third-order valence-corrected chi connectivity index (χ3v) is 5.31. The quantitative estimate of drug-likeness (QED) is 0.780. The number of rotatable bonds is 5. The van der Waals surface area contributed by atoms with Gasteiger partial charge in [0, 0.05) is 31.3 Å². The van der Waals surface area contributed by atoms with Crippen LogP contribution in [0, 0.1) is 0 Å². The second-order valence-corrected chi connectivity index (χ2v) is 7.31. The molecule has 2 aromatic rings. The molecule has 1 unspecified atom stereocenters. The number of aryl methyl sites for hydroxylation is 1. The largest absolute Gasteiger partial charge is 0.311 e. The molecule has 102 valence electrons. The summed E-state index contributed by atoms with van der Waals surface area (Å²) >= 11 is 8.92. The molecule has 0 aromatic carbocycles. The van der Waals surface area contributed by atoms with Crippen molar-refractivity contribution in [3.63, 3.8) is 0 Å². The Kier molecular flexibility index (Phi) is 5.57. The third-order valence-electron chi connectivity index (χ3n) is 2.99. The lowest BCUT2D eigenvalue weighted by atomic mass is 10.1. The van der Waals surface area contributed by atoms with Crippen LogP contribution in [0.4, 0.5) is 0 Å². The van der Waals surface area contributed by atoms with E-state index in [4.69, 9.17) is 0 Å². The van der Waals surface area contributed by atoms with E-state index in [9.17, 15) is 0 Å². The molecule has 0 spiro atoms. The molecule has 0 saturated carbocycles. The first-order valence-electron chi connectivity index (χ1n) is 6.19. The van der Waals surface area contributed by atoms with Crippen LogP contribution in [0.2, 0.25) is 0 Å². The normalized spacial score (nSPS) is 12.6. The van der Waals surface area contributed by atoms with Gasteiger partial charge in [-0.15, -0.1) is 11.3 Å². The van der Waals surface area contributed by atoms with Gasteiger partial charge in [-0.25, -0.2) is 0 Å².